The first-order valence-electron chi connectivity index (χ1n) is 6.73. The van der Waals surface area contributed by atoms with Gasteiger partial charge in [-0.1, -0.05) is 13.0 Å². The molecule has 0 aliphatic carbocycles. The summed E-state index contributed by atoms with van der Waals surface area (Å²) in [6.45, 7) is 6.28. The number of nitrogens with one attached hydrogen (secondary N) is 1. The summed E-state index contributed by atoms with van der Waals surface area (Å²) in [5.74, 6) is 5.56. The summed E-state index contributed by atoms with van der Waals surface area (Å²) in [4.78, 5) is 2.19. The number of benzene rings is 1. The zero-order chi connectivity index (χ0) is 14.6. The lowest BCUT2D eigenvalue weighted by Gasteiger charge is -2.42. The fourth-order valence-corrected chi connectivity index (χ4v) is 2.44. The van der Waals surface area contributed by atoms with Gasteiger partial charge in [0.2, 0.25) is 0 Å². The van der Waals surface area contributed by atoms with Gasteiger partial charge in [0.1, 0.15) is 5.82 Å². The van der Waals surface area contributed by atoms with Gasteiger partial charge >= 0.3 is 0 Å². The zero-order valence-corrected chi connectivity index (χ0v) is 12.6. The minimum atomic E-state index is -0.190. The van der Waals surface area contributed by atoms with E-state index >= 15 is 0 Å². The molecule has 0 fully saturated rings. The fraction of sp³-hybridized carbons (Fsp3) is 0.600. The number of nitrogens with two attached hydrogens (primary N) is 1. The molecule has 3 N–H and O–H groups in total. The van der Waals surface area contributed by atoms with Gasteiger partial charge in [-0.05, 0) is 64.0 Å². The molecule has 1 aromatic carbocycles. The lowest BCUT2D eigenvalue weighted by Crippen LogP contribution is -2.59. The van der Waals surface area contributed by atoms with E-state index in [1.165, 1.54) is 6.07 Å². The van der Waals surface area contributed by atoms with E-state index in [9.17, 15) is 4.39 Å². The largest absolute Gasteiger partial charge is 0.302 e. The van der Waals surface area contributed by atoms with Crippen LogP contribution in [0.15, 0.2) is 18.2 Å². The molecule has 2 unspecified atom stereocenters. The average molecular weight is 267 g/mol. The highest BCUT2D eigenvalue weighted by molar-refractivity contribution is 5.28. The number of aryl methyl sites for hydroxylation is 1. The Morgan fingerprint density at radius 1 is 1.42 bits per heavy atom. The summed E-state index contributed by atoms with van der Waals surface area (Å²) < 4.78 is 13.1. The van der Waals surface area contributed by atoms with Crippen LogP contribution in [0.2, 0.25) is 0 Å². The van der Waals surface area contributed by atoms with E-state index in [4.69, 9.17) is 5.84 Å². The lowest BCUT2D eigenvalue weighted by atomic mass is 9.83. The van der Waals surface area contributed by atoms with Gasteiger partial charge in [0.05, 0.1) is 0 Å². The Bertz CT molecular complexity index is 420. The van der Waals surface area contributed by atoms with E-state index in [2.05, 4.69) is 38.3 Å². The fourth-order valence-electron chi connectivity index (χ4n) is 2.44. The second-order valence-electron chi connectivity index (χ2n) is 5.60. The number of hydrogen-bond donors (Lipinski definition) is 2. The first-order valence-corrected chi connectivity index (χ1v) is 6.73. The second-order valence-corrected chi connectivity index (χ2v) is 5.60. The number of nitrogens with zero attached hydrogens (tertiary/aromatic N) is 1. The van der Waals surface area contributed by atoms with Crippen molar-refractivity contribution in [1.29, 1.82) is 0 Å². The molecule has 0 amide bonds. The van der Waals surface area contributed by atoms with Gasteiger partial charge in [-0.15, -0.1) is 0 Å². The number of hydrazine groups is 1. The standard InChI is InChI=1S/C15H26FN3/c1-6-15(3,19(4)5)14(18-17)10-12-7-8-13(16)9-11(12)2/h7-9,14,18H,6,10,17H2,1-5H3. The normalized spacial score (nSPS) is 16.4. The Morgan fingerprint density at radius 2 is 2.05 bits per heavy atom. The minimum absolute atomic E-state index is 0.0461. The quantitative estimate of drug-likeness (QED) is 0.613. The molecule has 1 rings (SSSR count). The van der Waals surface area contributed by atoms with E-state index in [1.54, 1.807) is 6.07 Å². The first-order chi connectivity index (χ1) is 8.85. The van der Waals surface area contributed by atoms with Crippen LogP contribution in [-0.4, -0.2) is 30.6 Å². The molecule has 0 aromatic heterocycles. The Labute approximate surface area is 116 Å². The maximum Gasteiger partial charge on any atom is 0.123 e. The van der Waals surface area contributed by atoms with E-state index in [-0.39, 0.29) is 17.4 Å². The topological polar surface area (TPSA) is 41.3 Å². The SMILES string of the molecule is CCC(C)(C(Cc1ccc(F)cc1C)NN)N(C)C. The predicted octanol–water partition coefficient (Wildman–Crippen LogP) is 2.24. The summed E-state index contributed by atoms with van der Waals surface area (Å²) in [5.41, 5.74) is 4.98. The van der Waals surface area contributed by atoms with Gasteiger partial charge in [-0.2, -0.15) is 0 Å². The van der Waals surface area contributed by atoms with Gasteiger partial charge < -0.3 is 4.90 Å². The van der Waals surface area contributed by atoms with Crippen LogP contribution in [0.4, 0.5) is 4.39 Å². The number of likely N-dealkylation sites (N-methyl/N-ethyl adjacent to an activating group) is 1. The summed E-state index contributed by atoms with van der Waals surface area (Å²) in [6, 6.07) is 5.04. The molecule has 19 heavy (non-hydrogen) atoms. The second kappa shape index (κ2) is 6.46. The monoisotopic (exact) mass is 267 g/mol. The number of halogens is 1. The molecule has 3 nitrogen and oxygen atoms in total. The van der Waals surface area contributed by atoms with E-state index in [0.717, 1.165) is 24.0 Å². The predicted molar refractivity (Wildman–Crippen MR) is 78.3 cm³/mol. The minimum Gasteiger partial charge on any atom is -0.302 e. The maximum absolute atomic E-state index is 13.1. The molecule has 0 heterocycles. The van der Waals surface area contributed by atoms with Crippen LogP contribution in [0.5, 0.6) is 0 Å². The van der Waals surface area contributed by atoms with Crippen molar-refractivity contribution in [2.24, 2.45) is 5.84 Å². The van der Waals surface area contributed by atoms with E-state index in [1.807, 2.05) is 13.0 Å². The van der Waals surface area contributed by atoms with Crippen molar-refractivity contribution in [3.8, 4) is 0 Å². The molecule has 2 atom stereocenters. The van der Waals surface area contributed by atoms with Crippen LogP contribution >= 0.6 is 0 Å². The van der Waals surface area contributed by atoms with Gasteiger partial charge in [0.15, 0.2) is 0 Å². The lowest BCUT2D eigenvalue weighted by molar-refractivity contribution is 0.112. The van der Waals surface area contributed by atoms with E-state index < -0.39 is 0 Å². The average Bonchev–Trinajstić information content (AvgIpc) is 2.36. The molecular weight excluding hydrogens is 241 g/mol. The number of hydrogen-bond acceptors (Lipinski definition) is 3. The van der Waals surface area contributed by atoms with Gasteiger partial charge in [0.25, 0.3) is 0 Å². The van der Waals surface area contributed by atoms with Crippen molar-refractivity contribution >= 4 is 0 Å². The Morgan fingerprint density at radius 3 is 2.47 bits per heavy atom. The van der Waals surface area contributed by atoms with Crippen molar-refractivity contribution in [1.82, 2.24) is 10.3 Å². The van der Waals surface area contributed by atoms with Crippen LogP contribution in [0.25, 0.3) is 0 Å². The van der Waals surface area contributed by atoms with Crippen molar-refractivity contribution in [3.63, 3.8) is 0 Å². The molecule has 4 heteroatoms. The molecule has 0 bridgehead atoms. The number of rotatable bonds is 6. The summed E-state index contributed by atoms with van der Waals surface area (Å²) in [6.07, 6.45) is 1.76. The molecule has 0 saturated carbocycles. The highest BCUT2D eigenvalue weighted by Gasteiger charge is 2.34. The van der Waals surface area contributed by atoms with Crippen LogP contribution < -0.4 is 11.3 Å². The summed E-state index contributed by atoms with van der Waals surface area (Å²) in [5, 5.41) is 0. The molecule has 0 aliphatic heterocycles. The maximum atomic E-state index is 13.1. The van der Waals surface area contributed by atoms with Gasteiger partial charge in [-0.25, -0.2) is 4.39 Å². The molecule has 0 aliphatic rings. The smallest absolute Gasteiger partial charge is 0.123 e. The van der Waals surface area contributed by atoms with Crippen LogP contribution in [-0.2, 0) is 6.42 Å². The van der Waals surface area contributed by atoms with Gasteiger partial charge in [0, 0.05) is 11.6 Å². The summed E-state index contributed by atoms with van der Waals surface area (Å²) >= 11 is 0. The molecule has 108 valence electrons. The van der Waals surface area contributed by atoms with Crippen molar-refractivity contribution in [2.75, 3.05) is 14.1 Å². The van der Waals surface area contributed by atoms with Crippen molar-refractivity contribution in [2.45, 2.75) is 45.2 Å². The molecule has 0 saturated heterocycles. The third-order valence-electron chi connectivity index (χ3n) is 4.42. The Kier molecular flexibility index (Phi) is 5.47. The molecule has 1 aromatic rings. The van der Waals surface area contributed by atoms with Crippen molar-refractivity contribution < 1.29 is 4.39 Å². The van der Waals surface area contributed by atoms with E-state index in [0.29, 0.717) is 0 Å². The highest BCUT2D eigenvalue weighted by Crippen LogP contribution is 2.24. The molecular formula is C15H26FN3. The Hall–Kier alpha value is -0.970. The summed E-state index contributed by atoms with van der Waals surface area (Å²) in [7, 11) is 4.12. The molecule has 0 radical (unpaired) electrons. The zero-order valence-electron chi connectivity index (χ0n) is 12.6. The van der Waals surface area contributed by atoms with Crippen molar-refractivity contribution in [3.05, 3.63) is 35.1 Å². The van der Waals surface area contributed by atoms with Crippen LogP contribution in [0.1, 0.15) is 31.4 Å². The third-order valence-corrected chi connectivity index (χ3v) is 4.42. The van der Waals surface area contributed by atoms with Crippen LogP contribution in [0.3, 0.4) is 0 Å². The first kappa shape index (κ1) is 16.1. The van der Waals surface area contributed by atoms with Gasteiger partial charge in [-0.3, -0.25) is 11.3 Å². The van der Waals surface area contributed by atoms with Crippen LogP contribution in [0, 0.1) is 12.7 Å². The highest BCUT2D eigenvalue weighted by atomic mass is 19.1. The Balaban J connectivity index is 2.99. The third kappa shape index (κ3) is 3.53. The molecule has 0 spiro atoms.